The first-order valence-electron chi connectivity index (χ1n) is 6.61. The van der Waals surface area contributed by atoms with Crippen LogP contribution in [0.4, 0.5) is 0 Å². The molecule has 1 aliphatic rings. The Morgan fingerprint density at radius 3 is 3.00 bits per heavy atom. The van der Waals surface area contributed by atoms with E-state index in [2.05, 4.69) is 24.3 Å². The van der Waals surface area contributed by atoms with Gasteiger partial charge in [0.25, 0.3) is 0 Å². The lowest BCUT2D eigenvalue weighted by molar-refractivity contribution is -0.119. The Kier molecular flexibility index (Phi) is 4.32. The summed E-state index contributed by atoms with van der Waals surface area (Å²) >= 11 is 0. The zero-order valence-corrected chi connectivity index (χ0v) is 10.3. The molecule has 0 heterocycles. The second-order valence-corrected chi connectivity index (χ2v) is 4.92. The number of aryl methyl sites for hydroxylation is 1. The maximum atomic E-state index is 11.8. The van der Waals surface area contributed by atoms with Crippen molar-refractivity contribution in [1.29, 1.82) is 0 Å². The normalized spacial score (nSPS) is 18.8. The molecular formula is C15H21NO. The van der Waals surface area contributed by atoms with Crippen molar-refractivity contribution in [2.75, 3.05) is 6.54 Å². The molecule has 0 spiro atoms. The highest BCUT2D eigenvalue weighted by atomic mass is 16.1. The molecule has 2 heteroatoms. The summed E-state index contributed by atoms with van der Waals surface area (Å²) in [5.41, 5.74) is 8.28. The number of fused-ring (bicyclic) bond motifs is 1. The number of Topliss-reactive ketones (excluding diaryl/α,β-unsaturated/α-hetero) is 1. The monoisotopic (exact) mass is 231 g/mol. The van der Waals surface area contributed by atoms with Crippen LogP contribution in [0.25, 0.3) is 0 Å². The Morgan fingerprint density at radius 1 is 1.35 bits per heavy atom. The summed E-state index contributed by atoms with van der Waals surface area (Å²) in [6, 6.07) is 8.57. The van der Waals surface area contributed by atoms with E-state index in [1.807, 2.05) is 0 Å². The molecule has 1 unspecified atom stereocenters. The van der Waals surface area contributed by atoms with Crippen molar-refractivity contribution in [3.63, 3.8) is 0 Å². The largest absolute Gasteiger partial charge is 0.330 e. The molecule has 0 bridgehead atoms. The van der Waals surface area contributed by atoms with Crippen LogP contribution in [-0.4, -0.2) is 12.3 Å². The zero-order chi connectivity index (χ0) is 12.1. The van der Waals surface area contributed by atoms with Gasteiger partial charge < -0.3 is 5.73 Å². The molecule has 0 amide bonds. The van der Waals surface area contributed by atoms with Gasteiger partial charge in [-0.1, -0.05) is 24.3 Å². The number of ketones is 1. The Morgan fingerprint density at radius 2 is 2.18 bits per heavy atom. The number of rotatable bonds is 5. The topological polar surface area (TPSA) is 43.1 Å². The molecule has 2 nitrogen and oxygen atoms in total. The summed E-state index contributed by atoms with van der Waals surface area (Å²) in [7, 11) is 0. The van der Waals surface area contributed by atoms with E-state index >= 15 is 0 Å². The van der Waals surface area contributed by atoms with Crippen molar-refractivity contribution in [1.82, 2.24) is 0 Å². The first kappa shape index (κ1) is 12.3. The Balaban J connectivity index is 2.01. The maximum absolute atomic E-state index is 11.8. The summed E-state index contributed by atoms with van der Waals surface area (Å²) in [5.74, 6) is 0.822. The number of benzene rings is 1. The van der Waals surface area contributed by atoms with Gasteiger partial charge in [0, 0.05) is 12.8 Å². The van der Waals surface area contributed by atoms with Crippen LogP contribution in [0, 0.1) is 0 Å². The second-order valence-electron chi connectivity index (χ2n) is 4.92. The molecule has 1 aliphatic carbocycles. The summed E-state index contributed by atoms with van der Waals surface area (Å²) in [5, 5.41) is 0. The second kappa shape index (κ2) is 5.97. The number of carbonyl (C=O) groups excluding carboxylic acids is 1. The van der Waals surface area contributed by atoms with Crippen LogP contribution < -0.4 is 5.73 Å². The van der Waals surface area contributed by atoms with E-state index in [0.717, 1.165) is 12.8 Å². The van der Waals surface area contributed by atoms with Crippen molar-refractivity contribution < 1.29 is 4.79 Å². The van der Waals surface area contributed by atoms with E-state index in [-0.39, 0.29) is 0 Å². The summed E-state index contributed by atoms with van der Waals surface area (Å²) in [6.07, 6.45) is 5.72. The van der Waals surface area contributed by atoms with Crippen LogP contribution in [0.2, 0.25) is 0 Å². The highest BCUT2D eigenvalue weighted by Crippen LogP contribution is 2.34. The predicted molar refractivity (Wildman–Crippen MR) is 70.0 cm³/mol. The van der Waals surface area contributed by atoms with Crippen LogP contribution in [0.1, 0.15) is 49.1 Å². The summed E-state index contributed by atoms with van der Waals surface area (Å²) in [4.78, 5) is 11.8. The lowest BCUT2D eigenvalue weighted by Gasteiger charge is -2.24. The Labute approximate surface area is 103 Å². The van der Waals surface area contributed by atoms with Crippen LogP contribution in [0.15, 0.2) is 24.3 Å². The molecule has 0 fully saturated rings. The predicted octanol–water partition coefficient (Wildman–Crippen LogP) is 2.80. The van der Waals surface area contributed by atoms with Gasteiger partial charge in [-0.05, 0) is 49.3 Å². The Bertz CT molecular complexity index is 386. The molecule has 0 saturated carbocycles. The van der Waals surface area contributed by atoms with Crippen LogP contribution in [-0.2, 0) is 11.2 Å². The molecule has 0 aliphatic heterocycles. The van der Waals surface area contributed by atoms with E-state index < -0.39 is 0 Å². The van der Waals surface area contributed by atoms with Gasteiger partial charge in [-0.2, -0.15) is 0 Å². The molecular weight excluding hydrogens is 210 g/mol. The average Bonchev–Trinajstić information content (AvgIpc) is 2.37. The molecule has 1 aromatic carbocycles. The minimum absolute atomic E-state index is 0.372. The van der Waals surface area contributed by atoms with Gasteiger partial charge in [-0.15, -0.1) is 0 Å². The van der Waals surface area contributed by atoms with Crippen LogP contribution >= 0.6 is 0 Å². The van der Waals surface area contributed by atoms with Gasteiger partial charge in [0.1, 0.15) is 5.78 Å². The van der Waals surface area contributed by atoms with E-state index in [1.165, 1.54) is 24.0 Å². The molecule has 2 N–H and O–H groups in total. The number of hydrogen-bond acceptors (Lipinski definition) is 2. The van der Waals surface area contributed by atoms with E-state index in [0.29, 0.717) is 31.1 Å². The molecule has 92 valence electrons. The van der Waals surface area contributed by atoms with Gasteiger partial charge in [0.05, 0.1) is 0 Å². The quantitative estimate of drug-likeness (QED) is 0.846. The third kappa shape index (κ3) is 3.16. The smallest absolute Gasteiger partial charge is 0.133 e. The summed E-state index contributed by atoms with van der Waals surface area (Å²) in [6.45, 7) is 0.618. The van der Waals surface area contributed by atoms with Crippen LogP contribution in [0.3, 0.4) is 0 Å². The molecule has 0 radical (unpaired) electrons. The fourth-order valence-electron chi connectivity index (χ4n) is 2.74. The van der Waals surface area contributed by atoms with Gasteiger partial charge >= 0.3 is 0 Å². The van der Waals surface area contributed by atoms with Crippen molar-refractivity contribution in [2.24, 2.45) is 5.73 Å². The lowest BCUT2D eigenvalue weighted by Crippen LogP contribution is -2.14. The summed E-state index contributed by atoms with van der Waals surface area (Å²) < 4.78 is 0. The van der Waals surface area contributed by atoms with Gasteiger partial charge in [-0.25, -0.2) is 0 Å². The first-order chi connectivity index (χ1) is 8.31. The van der Waals surface area contributed by atoms with Crippen molar-refractivity contribution >= 4 is 5.78 Å². The maximum Gasteiger partial charge on any atom is 0.133 e. The third-order valence-corrected chi connectivity index (χ3v) is 3.63. The zero-order valence-electron chi connectivity index (χ0n) is 10.3. The molecule has 0 aromatic heterocycles. The number of hydrogen-bond donors (Lipinski definition) is 1. The highest BCUT2D eigenvalue weighted by molar-refractivity contribution is 5.79. The molecule has 1 aromatic rings. The SMILES string of the molecule is NCCCC(=O)CC1CCCc2ccccc21. The lowest BCUT2D eigenvalue weighted by atomic mass is 9.80. The molecule has 2 rings (SSSR count). The number of nitrogens with two attached hydrogens (primary N) is 1. The Hall–Kier alpha value is -1.15. The average molecular weight is 231 g/mol. The van der Waals surface area contributed by atoms with Gasteiger partial charge in [0.2, 0.25) is 0 Å². The van der Waals surface area contributed by atoms with Crippen molar-refractivity contribution in [2.45, 2.75) is 44.4 Å². The van der Waals surface area contributed by atoms with Crippen LogP contribution in [0.5, 0.6) is 0 Å². The fourth-order valence-corrected chi connectivity index (χ4v) is 2.74. The fraction of sp³-hybridized carbons (Fsp3) is 0.533. The standard InChI is InChI=1S/C15H21NO/c16-10-4-8-14(17)11-13-7-3-6-12-5-1-2-9-15(12)13/h1-2,5,9,13H,3-4,6-8,10-11,16H2. The van der Waals surface area contributed by atoms with Crippen molar-refractivity contribution in [3.8, 4) is 0 Å². The minimum atomic E-state index is 0.372. The van der Waals surface area contributed by atoms with Gasteiger partial charge in [0.15, 0.2) is 0 Å². The van der Waals surface area contributed by atoms with E-state index in [4.69, 9.17) is 5.73 Å². The third-order valence-electron chi connectivity index (χ3n) is 3.63. The van der Waals surface area contributed by atoms with Gasteiger partial charge in [-0.3, -0.25) is 4.79 Å². The molecule has 0 saturated heterocycles. The minimum Gasteiger partial charge on any atom is -0.330 e. The molecule has 17 heavy (non-hydrogen) atoms. The number of carbonyl (C=O) groups is 1. The van der Waals surface area contributed by atoms with E-state index in [9.17, 15) is 4.79 Å². The van der Waals surface area contributed by atoms with E-state index in [1.54, 1.807) is 0 Å². The first-order valence-corrected chi connectivity index (χ1v) is 6.61. The van der Waals surface area contributed by atoms with Crippen molar-refractivity contribution in [3.05, 3.63) is 35.4 Å². The highest BCUT2D eigenvalue weighted by Gasteiger charge is 2.21. The molecule has 1 atom stereocenters.